The van der Waals surface area contributed by atoms with Gasteiger partial charge >= 0.3 is 0 Å². The van der Waals surface area contributed by atoms with Crippen LogP contribution in [0.1, 0.15) is 51.2 Å². The van der Waals surface area contributed by atoms with Crippen molar-refractivity contribution >= 4 is 29.9 Å². The second-order valence-corrected chi connectivity index (χ2v) is 8.42. The van der Waals surface area contributed by atoms with Crippen molar-refractivity contribution in [3.05, 3.63) is 11.6 Å². The number of aliphatic imine (C=N–C) groups is 1. The molecule has 3 rings (SSSR count). The highest BCUT2D eigenvalue weighted by molar-refractivity contribution is 14.0. The quantitative estimate of drug-likeness (QED) is 0.311. The van der Waals surface area contributed by atoms with Crippen molar-refractivity contribution in [1.29, 1.82) is 0 Å². The molecule has 0 amide bonds. The molecule has 0 bridgehead atoms. The van der Waals surface area contributed by atoms with Gasteiger partial charge in [-0.1, -0.05) is 13.8 Å². The zero-order valence-electron chi connectivity index (χ0n) is 18.4. The Labute approximate surface area is 192 Å². The second-order valence-electron chi connectivity index (χ2n) is 8.42. The maximum atomic E-state index is 5.15. The van der Waals surface area contributed by atoms with Crippen LogP contribution in [0.25, 0.3) is 0 Å². The van der Waals surface area contributed by atoms with Gasteiger partial charge in [-0.3, -0.25) is 9.89 Å². The van der Waals surface area contributed by atoms with Crippen LogP contribution in [0.4, 0.5) is 0 Å². The van der Waals surface area contributed by atoms with Gasteiger partial charge in [0, 0.05) is 39.2 Å². The fraction of sp³-hybridized carbons (Fsp3) is 0.850. The van der Waals surface area contributed by atoms with Crippen LogP contribution in [-0.4, -0.2) is 71.5 Å². The number of ether oxygens (including phenoxy) is 1. The summed E-state index contributed by atoms with van der Waals surface area (Å²) >= 11 is 0. The minimum absolute atomic E-state index is 0. The van der Waals surface area contributed by atoms with Crippen LogP contribution < -0.4 is 10.6 Å². The van der Waals surface area contributed by atoms with Gasteiger partial charge in [0.05, 0.1) is 6.54 Å². The first-order valence-corrected chi connectivity index (χ1v) is 10.7. The van der Waals surface area contributed by atoms with E-state index < -0.39 is 0 Å². The highest BCUT2D eigenvalue weighted by Gasteiger charge is 2.25. The lowest BCUT2D eigenvalue weighted by atomic mass is 10.0. The van der Waals surface area contributed by atoms with E-state index in [1.54, 1.807) is 7.11 Å². The molecule has 1 aromatic heterocycles. The number of halogens is 1. The van der Waals surface area contributed by atoms with Crippen molar-refractivity contribution in [2.24, 2.45) is 10.9 Å². The van der Waals surface area contributed by atoms with Gasteiger partial charge in [0.2, 0.25) is 0 Å². The molecule has 0 radical (unpaired) electrons. The Kier molecular flexibility index (Phi) is 10.1. The number of aromatic nitrogens is 3. The molecule has 0 aromatic carbocycles. The minimum Gasteiger partial charge on any atom is -0.377 e. The van der Waals surface area contributed by atoms with Crippen molar-refractivity contribution in [2.75, 3.05) is 33.8 Å². The normalized spacial score (nSPS) is 21.0. The number of hydrogen-bond acceptors (Lipinski definition) is 5. The maximum Gasteiger partial charge on any atom is 0.191 e. The predicted octanol–water partition coefficient (Wildman–Crippen LogP) is 2.03. The zero-order valence-corrected chi connectivity index (χ0v) is 20.7. The largest absolute Gasteiger partial charge is 0.377 e. The second kappa shape index (κ2) is 12.0. The van der Waals surface area contributed by atoms with E-state index in [-0.39, 0.29) is 24.0 Å². The van der Waals surface area contributed by atoms with Crippen LogP contribution in [0.5, 0.6) is 0 Å². The van der Waals surface area contributed by atoms with Gasteiger partial charge in [0.25, 0.3) is 0 Å². The first-order valence-electron chi connectivity index (χ1n) is 10.7. The number of aryl methyl sites for hydroxylation is 1. The summed E-state index contributed by atoms with van der Waals surface area (Å²) in [5.74, 6) is 3.41. The Morgan fingerprint density at radius 3 is 2.72 bits per heavy atom. The van der Waals surface area contributed by atoms with Crippen molar-refractivity contribution < 1.29 is 4.74 Å². The summed E-state index contributed by atoms with van der Waals surface area (Å²) in [6.45, 7) is 9.30. The Morgan fingerprint density at radius 2 is 2.07 bits per heavy atom. The zero-order chi connectivity index (χ0) is 19.9. The molecule has 2 aliphatic rings. The Hall–Kier alpha value is -0.940. The molecule has 2 unspecified atom stereocenters. The number of nitrogens with one attached hydrogen (secondary N) is 2. The summed E-state index contributed by atoms with van der Waals surface area (Å²) in [5, 5.41) is 11.7. The van der Waals surface area contributed by atoms with E-state index in [9.17, 15) is 0 Å². The number of methoxy groups -OCH3 is 1. The molecule has 0 aliphatic carbocycles. The summed E-state index contributed by atoms with van der Waals surface area (Å²) in [4.78, 5) is 11.7. The first kappa shape index (κ1) is 24.3. The van der Waals surface area contributed by atoms with E-state index in [4.69, 9.17) is 4.74 Å². The molecule has 1 aromatic rings. The molecule has 1 fully saturated rings. The lowest BCUT2D eigenvalue weighted by Crippen LogP contribution is -2.50. The van der Waals surface area contributed by atoms with Gasteiger partial charge in [-0.25, -0.2) is 9.67 Å². The van der Waals surface area contributed by atoms with Gasteiger partial charge in [-0.2, -0.15) is 5.10 Å². The van der Waals surface area contributed by atoms with Crippen LogP contribution in [-0.2, 0) is 24.3 Å². The van der Waals surface area contributed by atoms with Crippen LogP contribution in [0.3, 0.4) is 0 Å². The summed E-state index contributed by atoms with van der Waals surface area (Å²) < 4.78 is 7.16. The molecule has 166 valence electrons. The Morgan fingerprint density at radius 1 is 1.31 bits per heavy atom. The summed E-state index contributed by atoms with van der Waals surface area (Å²) in [6.07, 6.45) is 5.84. The van der Waals surface area contributed by atoms with Crippen LogP contribution >= 0.6 is 24.0 Å². The lowest BCUT2D eigenvalue weighted by molar-refractivity contribution is 0.177. The van der Waals surface area contributed by atoms with E-state index >= 15 is 0 Å². The highest BCUT2D eigenvalue weighted by atomic mass is 127. The fourth-order valence-electron chi connectivity index (χ4n) is 4.28. The van der Waals surface area contributed by atoms with E-state index in [1.807, 2.05) is 11.7 Å². The number of rotatable bonds is 8. The minimum atomic E-state index is 0. The smallest absolute Gasteiger partial charge is 0.191 e. The Balaban J connectivity index is 0.00000300. The molecule has 3 heterocycles. The third-order valence-corrected chi connectivity index (χ3v) is 5.65. The summed E-state index contributed by atoms with van der Waals surface area (Å²) in [5.41, 5.74) is 0. The maximum absolute atomic E-state index is 5.15. The first-order chi connectivity index (χ1) is 13.6. The molecular formula is C20H38IN7O. The van der Waals surface area contributed by atoms with E-state index in [2.05, 4.69) is 44.5 Å². The highest BCUT2D eigenvalue weighted by Crippen LogP contribution is 2.17. The van der Waals surface area contributed by atoms with Crippen molar-refractivity contribution in [3.8, 4) is 0 Å². The average Bonchev–Trinajstić information content (AvgIpc) is 3.33. The van der Waals surface area contributed by atoms with Crippen LogP contribution in [0.2, 0.25) is 0 Å². The van der Waals surface area contributed by atoms with E-state index in [0.717, 1.165) is 43.5 Å². The molecule has 0 saturated carbocycles. The van der Waals surface area contributed by atoms with Gasteiger partial charge < -0.3 is 15.4 Å². The van der Waals surface area contributed by atoms with Crippen molar-refractivity contribution in [2.45, 2.75) is 71.2 Å². The molecule has 0 spiro atoms. The van der Waals surface area contributed by atoms with Crippen molar-refractivity contribution in [3.63, 3.8) is 0 Å². The summed E-state index contributed by atoms with van der Waals surface area (Å²) in [7, 11) is 3.53. The lowest BCUT2D eigenvalue weighted by Gasteiger charge is -2.31. The third-order valence-electron chi connectivity index (χ3n) is 5.65. The van der Waals surface area contributed by atoms with Crippen LogP contribution in [0, 0.1) is 5.92 Å². The monoisotopic (exact) mass is 519 g/mol. The number of hydrogen-bond donors (Lipinski definition) is 2. The summed E-state index contributed by atoms with van der Waals surface area (Å²) in [6, 6.07) is 0.886. The predicted molar refractivity (Wildman–Crippen MR) is 127 cm³/mol. The molecule has 8 nitrogen and oxygen atoms in total. The SMILES string of the molecule is CN=C(NCC(CC(C)C)N1CCCC1)NC1CCc2nc(COC)nn2C1.I. The van der Waals surface area contributed by atoms with Gasteiger partial charge in [-0.15, -0.1) is 24.0 Å². The third kappa shape index (κ3) is 7.06. The average molecular weight is 519 g/mol. The molecule has 2 aliphatic heterocycles. The molecule has 29 heavy (non-hydrogen) atoms. The number of likely N-dealkylation sites (tertiary alicyclic amines) is 1. The molecule has 9 heteroatoms. The van der Waals surface area contributed by atoms with Gasteiger partial charge in [0.1, 0.15) is 12.4 Å². The van der Waals surface area contributed by atoms with Crippen LogP contribution in [0.15, 0.2) is 4.99 Å². The number of fused-ring (bicyclic) bond motifs is 1. The van der Waals surface area contributed by atoms with Gasteiger partial charge in [0.15, 0.2) is 11.8 Å². The fourth-order valence-corrected chi connectivity index (χ4v) is 4.28. The number of nitrogens with zero attached hydrogens (tertiary/aromatic N) is 5. The Bertz CT molecular complexity index is 643. The van der Waals surface area contributed by atoms with Crippen molar-refractivity contribution in [1.82, 2.24) is 30.3 Å². The topological polar surface area (TPSA) is 79.6 Å². The van der Waals surface area contributed by atoms with E-state index in [0.29, 0.717) is 24.6 Å². The molecule has 2 atom stereocenters. The van der Waals surface area contributed by atoms with Gasteiger partial charge in [-0.05, 0) is 44.7 Å². The molecule has 1 saturated heterocycles. The van der Waals surface area contributed by atoms with E-state index in [1.165, 1.54) is 32.4 Å². The molecule has 2 N–H and O–H groups in total. The molecular weight excluding hydrogens is 481 g/mol. The number of guanidine groups is 1. The standard InChI is InChI=1S/C20H37N7O.HI/c1-15(2)11-17(26-9-5-6-10-26)12-22-20(21-3)23-16-7-8-19-24-18(14-28-4)25-27(19)13-16;/h15-17H,5-14H2,1-4H3,(H2,21,22,23);1H.